The van der Waals surface area contributed by atoms with Gasteiger partial charge in [-0.15, -0.1) is 0 Å². The van der Waals surface area contributed by atoms with E-state index in [1.165, 1.54) is 18.3 Å². The van der Waals surface area contributed by atoms with Crippen LogP contribution in [0.4, 0.5) is 13.2 Å². The molecule has 0 spiro atoms. The highest BCUT2D eigenvalue weighted by Crippen LogP contribution is 2.28. The second-order valence-corrected chi connectivity index (χ2v) is 6.65. The summed E-state index contributed by atoms with van der Waals surface area (Å²) in [5.41, 5.74) is 3.65. The van der Waals surface area contributed by atoms with E-state index in [2.05, 4.69) is 31.3 Å². The normalized spacial score (nSPS) is 12.4. The molecule has 2 aromatic rings. The van der Waals surface area contributed by atoms with Crippen LogP contribution in [0, 0.1) is 0 Å². The van der Waals surface area contributed by atoms with Gasteiger partial charge in [-0.05, 0) is 40.8 Å². The van der Waals surface area contributed by atoms with E-state index in [0.29, 0.717) is 11.1 Å². The van der Waals surface area contributed by atoms with Gasteiger partial charge in [0, 0.05) is 5.56 Å². The lowest BCUT2D eigenvalue weighted by Crippen LogP contribution is -2.18. The highest BCUT2D eigenvalue weighted by molar-refractivity contribution is 5.94. The summed E-state index contributed by atoms with van der Waals surface area (Å²) >= 11 is 0. The first-order valence-corrected chi connectivity index (χ1v) is 7.68. The van der Waals surface area contributed by atoms with Crippen LogP contribution in [-0.2, 0) is 11.6 Å². The first-order valence-electron chi connectivity index (χ1n) is 7.68. The molecule has 132 valence electrons. The molecular weight excluding hydrogens is 329 g/mol. The minimum Gasteiger partial charge on any atom is -0.267 e. The number of nitrogens with one attached hydrogen (secondary N) is 1. The molecule has 6 heteroatoms. The number of hydrazone groups is 1. The average Bonchev–Trinajstić information content (AvgIpc) is 2.54. The Morgan fingerprint density at radius 3 is 1.92 bits per heavy atom. The molecule has 0 saturated carbocycles. The van der Waals surface area contributed by atoms with Crippen molar-refractivity contribution < 1.29 is 18.0 Å². The van der Waals surface area contributed by atoms with Crippen LogP contribution in [0.3, 0.4) is 0 Å². The molecule has 3 nitrogen and oxygen atoms in total. The van der Waals surface area contributed by atoms with Crippen molar-refractivity contribution in [1.29, 1.82) is 0 Å². The monoisotopic (exact) mass is 348 g/mol. The molecule has 0 aliphatic rings. The predicted octanol–water partition coefficient (Wildman–Crippen LogP) is 4.77. The maximum atomic E-state index is 12.5. The second kappa shape index (κ2) is 7.09. The van der Waals surface area contributed by atoms with E-state index < -0.39 is 11.7 Å². The van der Waals surface area contributed by atoms with Gasteiger partial charge in [0.15, 0.2) is 0 Å². The molecule has 0 fully saturated rings. The summed E-state index contributed by atoms with van der Waals surface area (Å²) < 4.78 is 37.4. The van der Waals surface area contributed by atoms with Gasteiger partial charge in [0.05, 0.1) is 11.8 Å². The fraction of sp³-hybridized carbons (Fsp3) is 0.263. The first-order chi connectivity index (χ1) is 11.6. The van der Waals surface area contributed by atoms with Crippen LogP contribution in [0.2, 0.25) is 0 Å². The Hall–Kier alpha value is -2.63. The zero-order valence-corrected chi connectivity index (χ0v) is 14.2. The standard InChI is InChI=1S/C19H19F3N2O/c1-18(2,3)15-10-6-14(7-11-15)17(25)24-23-12-13-4-8-16(9-5-13)19(20,21)22/h4-12H,1-3H3,(H,24,25)/b23-12-. The van der Waals surface area contributed by atoms with Gasteiger partial charge in [0.1, 0.15) is 0 Å². The number of carbonyl (C=O) groups is 1. The van der Waals surface area contributed by atoms with Crippen LogP contribution >= 0.6 is 0 Å². The Bertz CT molecular complexity index is 755. The molecule has 2 rings (SSSR count). The van der Waals surface area contributed by atoms with E-state index in [1.54, 1.807) is 12.1 Å². The zero-order chi connectivity index (χ0) is 18.7. The van der Waals surface area contributed by atoms with Crippen LogP contribution in [0.5, 0.6) is 0 Å². The van der Waals surface area contributed by atoms with Crippen LogP contribution in [0.1, 0.15) is 47.8 Å². The van der Waals surface area contributed by atoms with Gasteiger partial charge in [-0.25, -0.2) is 5.43 Å². The van der Waals surface area contributed by atoms with Crippen molar-refractivity contribution in [2.75, 3.05) is 0 Å². The van der Waals surface area contributed by atoms with Crippen molar-refractivity contribution in [2.45, 2.75) is 32.4 Å². The minimum absolute atomic E-state index is 0.00423. The van der Waals surface area contributed by atoms with Gasteiger partial charge < -0.3 is 0 Å². The van der Waals surface area contributed by atoms with Crippen LogP contribution < -0.4 is 5.43 Å². The number of rotatable bonds is 3. The maximum Gasteiger partial charge on any atom is 0.416 e. The van der Waals surface area contributed by atoms with Gasteiger partial charge in [-0.1, -0.05) is 45.0 Å². The third kappa shape index (κ3) is 5.17. The Balaban J connectivity index is 1.98. The third-order valence-corrected chi connectivity index (χ3v) is 3.63. The van der Waals surface area contributed by atoms with Crippen molar-refractivity contribution in [3.63, 3.8) is 0 Å². The molecule has 0 unspecified atom stereocenters. The fourth-order valence-electron chi connectivity index (χ4n) is 2.11. The van der Waals surface area contributed by atoms with Gasteiger partial charge in [-0.3, -0.25) is 4.79 Å². The fourth-order valence-corrected chi connectivity index (χ4v) is 2.11. The van der Waals surface area contributed by atoms with Crippen molar-refractivity contribution in [2.24, 2.45) is 5.10 Å². The van der Waals surface area contributed by atoms with E-state index >= 15 is 0 Å². The molecular formula is C19H19F3N2O. The zero-order valence-electron chi connectivity index (χ0n) is 14.2. The summed E-state index contributed by atoms with van der Waals surface area (Å²) in [6.45, 7) is 6.24. The second-order valence-electron chi connectivity index (χ2n) is 6.65. The largest absolute Gasteiger partial charge is 0.416 e. The van der Waals surface area contributed by atoms with Crippen LogP contribution in [0.25, 0.3) is 0 Å². The molecule has 0 radical (unpaired) electrons. The van der Waals surface area contributed by atoms with E-state index in [0.717, 1.165) is 17.7 Å². The smallest absolute Gasteiger partial charge is 0.267 e. The molecule has 25 heavy (non-hydrogen) atoms. The Morgan fingerprint density at radius 1 is 0.920 bits per heavy atom. The van der Waals surface area contributed by atoms with Crippen molar-refractivity contribution in [3.8, 4) is 0 Å². The quantitative estimate of drug-likeness (QED) is 0.630. The molecule has 0 bridgehead atoms. The molecule has 0 aliphatic carbocycles. The average molecular weight is 348 g/mol. The summed E-state index contributed by atoms with van der Waals surface area (Å²) in [6.07, 6.45) is -3.08. The summed E-state index contributed by atoms with van der Waals surface area (Å²) in [4.78, 5) is 12.0. The highest BCUT2D eigenvalue weighted by Gasteiger charge is 2.29. The Kier molecular flexibility index (Phi) is 5.30. The molecule has 2 aromatic carbocycles. The lowest BCUT2D eigenvalue weighted by molar-refractivity contribution is -0.137. The number of alkyl halides is 3. The maximum absolute atomic E-state index is 12.5. The number of halogens is 3. The third-order valence-electron chi connectivity index (χ3n) is 3.63. The molecule has 0 aromatic heterocycles. The summed E-state index contributed by atoms with van der Waals surface area (Å²) in [7, 11) is 0. The number of carbonyl (C=O) groups excluding carboxylic acids is 1. The van der Waals surface area contributed by atoms with Gasteiger partial charge in [-0.2, -0.15) is 18.3 Å². The van der Waals surface area contributed by atoms with Gasteiger partial charge in [0.2, 0.25) is 0 Å². The molecule has 0 atom stereocenters. The number of hydrogen-bond donors (Lipinski definition) is 1. The van der Waals surface area contributed by atoms with E-state index in [1.807, 2.05) is 12.1 Å². The predicted molar refractivity (Wildman–Crippen MR) is 91.6 cm³/mol. The number of benzene rings is 2. The van der Waals surface area contributed by atoms with E-state index in [9.17, 15) is 18.0 Å². The summed E-state index contributed by atoms with van der Waals surface area (Å²) in [5.74, 6) is -0.386. The molecule has 0 aliphatic heterocycles. The topological polar surface area (TPSA) is 41.5 Å². The summed E-state index contributed by atoms with van der Waals surface area (Å²) in [6, 6.07) is 11.7. The number of nitrogens with zero attached hydrogens (tertiary/aromatic N) is 1. The Labute approximate surface area is 144 Å². The van der Waals surface area contributed by atoms with Gasteiger partial charge in [0.25, 0.3) is 5.91 Å². The minimum atomic E-state index is -4.37. The van der Waals surface area contributed by atoms with Crippen LogP contribution in [-0.4, -0.2) is 12.1 Å². The van der Waals surface area contributed by atoms with Crippen molar-refractivity contribution in [1.82, 2.24) is 5.43 Å². The van der Waals surface area contributed by atoms with Crippen LogP contribution in [0.15, 0.2) is 53.6 Å². The lowest BCUT2D eigenvalue weighted by atomic mass is 9.87. The molecule has 0 saturated heterocycles. The van der Waals surface area contributed by atoms with E-state index in [4.69, 9.17) is 0 Å². The first kappa shape index (κ1) is 18.7. The number of amides is 1. The van der Waals surface area contributed by atoms with Crippen molar-refractivity contribution >= 4 is 12.1 Å². The Morgan fingerprint density at radius 2 is 1.44 bits per heavy atom. The SMILES string of the molecule is CC(C)(C)c1ccc(C(=O)N/N=C\c2ccc(C(F)(F)F)cc2)cc1. The van der Waals surface area contributed by atoms with Gasteiger partial charge >= 0.3 is 6.18 Å². The van der Waals surface area contributed by atoms with E-state index in [-0.39, 0.29) is 11.3 Å². The molecule has 0 heterocycles. The van der Waals surface area contributed by atoms with Crippen molar-refractivity contribution in [3.05, 3.63) is 70.8 Å². The number of hydrogen-bond acceptors (Lipinski definition) is 2. The molecule has 1 amide bonds. The lowest BCUT2D eigenvalue weighted by Gasteiger charge is -2.18. The summed E-state index contributed by atoms with van der Waals surface area (Å²) in [5, 5.41) is 3.78. The molecule has 1 N–H and O–H groups in total. The highest BCUT2D eigenvalue weighted by atomic mass is 19.4.